The molecule has 0 unspecified atom stereocenters. The SMILES string of the molecule is C[C@@H](C(=O)[O-])N1c2cccc3cccc(c23)S1(=O)=O. The first kappa shape index (κ1) is 12.0. The number of hydrogen-bond donors (Lipinski definition) is 0. The highest BCUT2D eigenvalue weighted by atomic mass is 32.2. The zero-order valence-corrected chi connectivity index (χ0v) is 10.8. The molecule has 1 heterocycles. The van der Waals surface area contributed by atoms with Crippen LogP contribution >= 0.6 is 0 Å². The van der Waals surface area contributed by atoms with E-state index < -0.39 is 22.0 Å². The van der Waals surface area contributed by atoms with Crippen LogP contribution in [0.5, 0.6) is 0 Å². The lowest BCUT2D eigenvalue weighted by Gasteiger charge is -2.26. The Balaban J connectivity index is 2.39. The van der Waals surface area contributed by atoms with Gasteiger partial charge in [0.05, 0.1) is 22.6 Å². The summed E-state index contributed by atoms with van der Waals surface area (Å²) in [6.07, 6.45) is 0. The number of rotatable bonds is 2. The molecule has 19 heavy (non-hydrogen) atoms. The van der Waals surface area contributed by atoms with Crippen molar-refractivity contribution >= 4 is 32.5 Å². The Morgan fingerprint density at radius 3 is 2.47 bits per heavy atom. The van der Waals surface area contributed by atoms with Crippen LogP contribution in [0.25, 0.3) is 10.8 Å². The van der Waals surface area contributed by atoms with Crippen molar-refractivity contribution in [3.05, 3.63) is 36.4 Å². The van der Waals surface area contributed by atoms with Gasteiger partial charge in [0.15, 0.2) is 0 Å². The lowest BCUT2D eigenvalue weighted by atomic mass is 10.1. The molecular weight excluding hydrogens is 266 g/mol. The molecule has 0 N–H and O–H groups in total. The van der Waals surface area contributed by atoms with Crippen molar-refractivity contribution in [3.63, 3.8) is 0 Å². The fourth-order valence-electron chi connectivity index (χ4n) is 2.43. The molecule has 0 amide bonds. The summed E-state index contributed by atoms with van der Waals surface area (Å²) in [5.41, 5.74) is 0.393. The Kier molecular flexibility index (Phi) is 2.34. The number of anilines is 1. The van der Waals surface area contributed by atoms with Gasteiger partial charge in [-0.25, -0.2) is 8.42 Å². The summed E-state index contributed by atoms with van der Waals surface area (Å²) in [5.74, 6) is -1.42. The van der Waals surface area contributed by atoms with E-state index >= 15 is 0 Å². The van der Waals surface area contributed by atoms with Crippen LogP contribution in [-0.4, -0.2) is 20.4 Å². The number of carbonyl (C=O) groups is 1. The largest absolute Gasteiger partial charge is 0.548 e. The van der Waals surface area contributed by atoms with Crippen LogP contribution in [0.4, 0.5) is 5.69 Å². The van der Waals surface area contributed by atoms with Crippen LogP contribution in [0.1, 0.15) is 6.92 Å². The molecule has 98 valence electrons. The second-order valence-corrected chi connectivity index (χ2v) is 6.21. The van der Waals surface area contributed by atoms with Gasteiger partial charge in [-0.2, -0.15) is 0 Å². The average molecular weight is 276 g/mol. The molecular formula is C13H10NO4S-. The van der Waals surface area contributed by atoms with Crippen LogP contribution in [0, 0.1) is 0 Å². The van der Waals surface area contributed by atoms with Crippen LogP contribution in [0.2, 0.25) is 0 Å². The summed E-state index contributed by atoms with van der Waals surface area (Å²) < 4.78 is 25.8. The van der Waals surface area contributed by atoms with Crippen molar-refractivity contribution in [2.24, 2.45) is 0 Å². The number of nitrogens with zero attached hydrogens (tertiary/aromatic N) is 1. The lowest BCUT2D eigenvalue weighted by Crippen LogP contribution is -2.47. The van der Waals surface area contributed by atoms with Gasteiger partial charge < -0.3 is 9.90 Å². The zero-order chi connectivity index (χ0) is 13.8. The van der Waals surface area contributed by atoms with Gasteiger partial charge in [0.25, 0.3) is 10.0 Å². The predicted octanol–water partition coefficient (Wildman–Crippen LogP) is 0.487. The smallest absolute Gasteiger partial charge is 0.265 e. The quantitative estimate of drug-likeness (QED) is 0.799. The highest BCUT2D eigenvalue weighted by Gasteiger charge is 2.38. The van der Waals surface area contributed by atoms with E-state index in [1.165, 1.54) is 13.0 Å². The maximum Gasteiger partial charge on any atom is 0.265 e. The molecule has 0 aliphatic carbocycles. The molecule has 1 aliphatic rings. The number of benzene rings is 2. The van der Waals surface area contributed by atoms with E-state index in [-0.39, 0.29) is 4.90 Å². The highest BCUT2D eigenvalue weighted by molar-refractivity contribution is 7.93. The van der Waals surface area contributed by atoms with Crippen molar-refractivity contribution in [1.29, 1.82) is 0 Å². The second kappa shape index (κ2) is 3.71. The Hall–Kier alpha value is -2.08. The van der Waals surface area contributed by atoms with E-state index in [0.717, 1.165) is 9.69 Å². The molecule has 2 aromatic carbocycles. The van der Waals surface area contributed by atoms with Crippen LogP contribution in [0.3, 0.4) is 0 Å². The molecule has 2 aromatic rings. The minimum atomic E-state index is -3.83. The monoisotopic (exact) mass is 276 g/mol. The van der Waals surface area contributed by atoms with Gasteiger partial charge in [-0.3, -0.25) is 4.31 Å². The summed E-state index contributed by atoms with van der Waals surface area (Å²) in [6.45, 7) is 1.30. The lowest BCUT2D eigenvalue weighted by molar-refractivity contribution is -0.306. The third-order valence-electron chi connectivity index (χ3n) is 3.31. The average Bonchev–Trinajstić information content (AvgIpc) is 2.59. The zero-order valence-electron chi connectivity index (χ0n) is 10.0. The maximum absolute atomic E-state index is 12.4. The minimum Gasteiger partial charge on any atom is -0.548 e. The van der Waals surface area contributed by atoms with E-state index in [0.29, 0.717) is 11.1 Å². The Labute approximate surface area is 110 Å². The third-order valence-corrected chi connectivity index (χ3v) is 5.24. The van der Waals surface area contributed by atoms with Crippen molar-refractivity contribution in [2.45, 2.75) is 17.9 Å². The summed E-state index contributed by atoms with van der Waals surface area (Å²) in [5, 5.41) is 12.4. The maximum atomic E-state index is 12.4. The Morgan fingerprint density at radius 1 is 1.21 bits per heavy atom. The number of aliphatic carboxylic acids is 1. The van der Waals surface area contributed by atoms with Crippen LogP contribution < -0.4 is 9.41 Å². The van der Waals surface area contributed by atoms with Crippen molar-refractivity contribution in [1.82, 2.24) is 0 Å². The van der Waals surface area contributed by atoms with Gasteiger partial charge in [-0.05, 0) is 24.4 Å². The molecule has 0 spiro atoms. The van der Waals surface area contributed by atoms with Gasteiger partial charge in [-0.15, -0.1) is 0 Å². The fourth-order valence-corrected chi connectivity index (χ4v) is 4.29. The van der Waals surface area contributed by atoms with E-state index in [1.807, 2.05) is 0 Å². The van der Waals surface area contributed by atoms with Crippen LogP contribution in [0.15, 0.2) is 41.3 Å². The molecule has 0 saturated heterocycles. The summed E-state index contributed by atoms with van der Waals surface area (Å²) in [6, 6.07) is 8.79. The first-order valence-corrected chi connectivity index (χ1v) is 7.15. The molecule has 0 fully saturated rings. The predicted molar refractivity (Wildman–Crippen MR) is 68.1 cm³/mol. The molecule has 3 rings (SSSR count). The number of carboxylic acids is 1. The van der Waals surface area contributed by atoms with Gasteiger partial charge in [-0.1, -0.05) is 24.3 Å². The van der Waals surface area contributed by atoms with Gasteiger partial charge >= 0.3 is 0 Å². The number of carboxylic acid groups (broad SMARTS) is 1. The first-order valence-electron chi connectivity index (χ1n) is 5.71. The Bertz CT molecular complexity index is 792. The number of sulfonamides is 1. The molecule has 0 aromatic heterocycles. The van der Waals surface area contributed by atoms with E-state index in [4.69, 9.17) is 0 Å². The molecule has 1 atom stereocenters. The fraction of sp³-hybridized carbons (Fsp3) is 0.154. The van der Waals surface area contributed by atoms with E-state index in [9.17, 15) is 18.3 Å². The van der Waals surface area contributed by atoms with Crippen molar-refractivity contribution in [2.75, 3.05) is 4.31 Å². The molecule has 0 saturated carbocycles. The van der Waals surface area contributed by atoms with Crippen molar-refractivity contribution < 1.29 is 18.3 Å². The van der Waals surface area contributed by atoms with Gasteiger partial charge in [0, 0.05) is 5.39 Å². The van der Waals surface area contributed by atoms with E-state index in [2.05, 4.69) is 0 Å². The molecule has 0 bridgehead atoms. The second-order valence-electron chi connectivity index (χ2n) is 4.43. The number of carbonyl (C=O) groups excluding carboxylic acids is 1. The number of hydrogen-bond acceptors (Lipinski definition) is 4. The van der Waals surface area contributed by atoms with Crippen LogP contribution in [-0.2, 0) is 14.8 Å². The third kappa shape index (κ3) is 1.46. The Morgan fingerprint density at radius 2 is 1.84 bits per heavy atom. The first-order chi connectivity index (χ1) is 8.94. The highest BCUT2D eigenvalue weighted by Crippen LogP contribution is 2.42. The summed E-state index contributed by atoms with van der Waals surface area (Å²) in [4.78, 5) is 11.2. The molecule has 5 nitrogen and oxygen atoms in total. The topological polar surface area (TPSA) is 77.5 Å². The van der Waals surface area contributed by atoms with E-state index in [1.54, 1.807) is 30.3 Å². The molecule has 0 radical (unpaired) electrons. The summed E-state index contributed by atoms with van der Waals surface area (Å²) in [7, 11) is -3.83. The van der Waals surface area contributed by atoms with Gasteiger partial charge in [0.2, 0.25) is 0 Å². The molecule has 1 aliphatic heterocycles. The normalized spacial score (nSPS) is 17.6. The minimum absolute atomic E-state index is 0.147. The summed E-state index contributed by atoms with van der Waals surface area (Å²) >= 11 is 0. The van der Waals surface area contributed by atoms with Gasteiger partial charge in [0.1, 0.15) is 0 Å². The standard InChI is InChI=1S/C13H11NO4S/c1-8(13(15)16)14-10-6-2-4-9-5-3-7-11(12(9)10)19(14,17)18/h2-8H,1H3,(H,15,16)/p-1/t8-/m0/s1. The molecule has 6 heteroatoms. The van der Waals surface area contributed by atoms with Crippen molar-refractivity contribution in [3.8, 4) is 0 Å².